The number of hydrogen-bond acceptors (Lipinski definition) is 3. The van der Waals surface area contributed by atoms with E-state index in [1.54, 1.807) is 11.8 Å². The van der Waals surface area contributed by atoms with Crippen molar-refractivity contribution in [3.8, 4) is 0 Å². The van der Waals surface area contributed by atoms with Gasteiger partial charge in [0.2, 0.25) is 11.8 Å². The van der Waals surface area contributed by atoms with Crippen molar-refractivity contribution in [2.45, 2.75) is 6.42 Å². The number of carbonyl (C=O) groups excluding carboxylic acids is 2. The van der Waals surface area contributed by atoms with Crippen molar-refractivity contribution in [1.29, 1.82) is 0 Å². The number of nitrogens with zero attached hydrogens (tertiary/aromatic N) is 1. The van der Waals surface area contributed by atoms with Crippen LogP contribution in [0.2, 0.25) is 0 Å². The fourth-order valence-corrected chi connectivity index (χ4v) is 4.58. The highest BCUT2D eigenvalue weighted by Gasteiger charge is 2.41. The minimum Gasteiger partial charge on any atom is -0.326 e. The topological polar surface area (TPSA) is 49.4 Å². The predicted octanol–water partition coefficient (Wildman–Crippen LogP) is 5.18. The van der Waals surface area contributed by atoms with Gasteiger partial charge in [-0.15, -0.1) is 0 Å². The first-order chi connectivity index (χ1) is 13.0. The first-order valence-corrected chi connectivity index (χ1v) is 11.6. The highest BCUT2D eigenvalue weighted by atomic mass is 79.9. The lowest BCUT2D eigenvalue weighted by molar-refractivity contribution is -0.125. The van der Waals surface area contributed by atoms with Gasteiger partial charge in [0.1, 0.15) is 0 Å². The van der Waals surface area contributed by atoms with Crippen LogP contribution in [0.5, 0.6) is 0 Å². The molecule has 2 amide bonds. The number of hydrogen-bond donors (Lipinski definition) is 1. The van der Waals surface area contributed by atoms with Gasteiger partial charge in [0.15, 0.2) is 0 Å². The lowest BCUT2D eigenvalue weighted by Crippen LogP contribution is -2.29. The molecule has 7 heteroatoms. The molecule has 1 aliphatic heterocycles. The minimum absolute atomic E-state index is 0.0299. The lowest BCUT2D eigenvalue weighted by Gasteiger charge is -2.17. The molecule has 0 saturated carbocycles. The molecule has 4 nitrogen and oxygen atoms in total. The molecular formula is C20H20Br2N2O2S. The zero-order chi connectivity index (χ0) is 19.4. The van der Waals surface area contributed by atoms with E-state index in [9.17, 15) is 9.59 Å². The van der Waals surface area contributed by atoms with Crippen LogP contribution in [-0.4, -0.2) is 30.4 Å². The second-order valence-corrected chi connectivity index (χ2v) is 9.25. The summed E-state index contributed by atoms with van der Waals surface area (Å²) in [7, 11) is 0. The van der Waals surface area contributed by atoms with Gasteiger partial charge in [-0.3, -0.25) is 9.59 Å². The molecule has 0 aliphatic carbocycles. The lowest BCUT2D eigenvalue weighted by atomic mass is 9.93. The summed E-state index contributed by atoms with van der Waals surface area (Å²) < 4.78 is 1.93. The van der Waals surface area contributed by atoms with Gasteiger partial charge in [-0.05, 0) is 66.5 Å². The maximum absolute atomic E-state index is 13.0. The Morgan fingerprint density at radius 1 is 1.11 bits per heavy atom. The number of carbonyl (C=O) groups is 2. The molecule has 1 N–H and O–H groups in total. The molecule has 1 aliphatic rings. The van der Waals surface area contributed by atoms with Crippen LogP contribution in [-0.2, 0) is 9.59 Å². The van der Waals surface area contributed by atoms with E-state index in [2.05, 4.69) is 37.2 Å². The smallest absolute Gasteiger partial charge is 0.231 e. The van der Waals surface area contributed by atoms with Crippen molar-refractivity contribution in [2.24, 2.45) is 11.8 Å². The number of amides is 2. The van der Waals surface area contributed by atoms with Gasteiger partial charge in [0.05, 0.1) is 5.92 Å². The number of anilines is 2. The van der Waals surface area contributed by atoms with Gasteiger partial charge in [0.25, 0.3) is 0 Å². The van der Waals surface area contributed by atoms with E-state index in [0.29, 0.717) is 6.54 Å². The van der Waals surface area contributed by atoms with Crippen molar-refractivity contribution in [3.05, 3.63) is 57.5 Å². The summed E-state index contributed by atoms with van der Waals surface area (Å²) >= 11 is 8.52. The molecule has 0 aromatic heterocycles. The Morgan fingerprint density at radius 2 is 1.70 bits per heavy atom. The summed E-state index contributed by atoms with van der Waals surface area (Å²) in [4.78, 5) is 27.4. The van der Waals surface area contributed by atoms with Gasteiger partial charge in [0, 0.05) is 33.3 Å². The predicted molar refractivity (Wildman–Crippen MR) is 119 cm³/mol. The van der Waals surface area contributed by atoms with E-state index in [-0.39, 0.29) is 30.1 Å². The van der Waals surface area contributed by atoms with Gasteiger partial charge in [-0.2, -0.15) is 11.8 Å². The standard InChI is InChI=1S/C20H20Br2N2O2S/c1-27-12-13-11-24(17-8-4-15(22)5-9-17)20(26)18(13)10-19(25)23-16-6-2-14(21)3-7-16/h2-9,13,18H,10-12H2,1H3,(H,23,25)/t13-,18+/m1/s1. The molecule has 2 aromatic carbocycles. The Kier molecular flexibility index (Phi) is 7.00. The summed E-state index contributed by atoms with van der Waals surface area (Å²) in [5.74, 6) is 0.625. The number of thioether (sulfide) groups is 1. The summed E-state index contributed by atoms with van der Waals surface area (Å²) in [6.45, 7) is 0.650. The Hall–Kier alpha value is -1.31. The van der Waals surface area contributed by atoms with Crippen LogP contribution in [0, 0.1) is 11.8 Å². The fraction of sp³-hybridized carbons (Fsp3) is 0.300. The van der Waals surface area contributed by atoms with Crippen LogP contribution in [0.25, 0.3) is 0 Å². The average Bonchev–Trinajstić information content (AvgIpc) is 2.94. The Morgan fingerprint density at radius 3 is 2.30 bits per heavy atom. The molecule has 0 spiro atoms. The van der Waals surface area contributed by atoms with Crippen molar-refractivity contribution < 1.29 is 9.59 Å². The summed E-state index contributed by atoms with van der Waals surface area (Å²) in [6, 6.07) is 15.2. The van der Waals surface area contributed by atoms with Crippen molar-refractivity contribution in [1.82, 2.24) is 0 Å². The average molecular weight is 512 g/mol. The molecule has 1 fully saturated rings. The Bertz CT molecular complexity index is 812. The summed E-state index contributed by atoms with van der Waals surface area (Å²) in [5.41, 5.74) is 1.62. The number of benzene rings is 2. The van der Waals surface area contributed by atoms with Crippen LogP contribution in [0.1, 0.15) is 6.42 Å². The highest BCUT2D eigenvalue weighted by Crippen LogP contribution is 2.34. The second kappa shape index (κ2) is 9.26. The van der Waals surface area contributed by atoms with E-state index in [1.165, 1.54) is 0 Å². The molecular weight excluding hydrogens is 492 g/mol. The fourth-order valence-electron chi connectivity index (χ4n) is 3.29. The molecule has 1 heterocycles. The van der Waals surface area contributed by atoms with Crippen molar-refractivity contribution in [3.63, 3.8) is 0 Å². The van der Waals surface area contributed by atoms with Gasteiger partial charge in [-0.1, -0.05) is 31.9 Å². The van der Waals surface area contributed by atoms with Gasteiger partial charge < -0.3 is 10.2 Å². The van der Waals surface area contributed by atoms with Crippen LogP contribution >= 0.6 is 43.6 Å². The quantitative estimate of drug-likeness (QED) is 0.581. The second-order valence-electron chi connectivity index (χ2n) is 6.51. The molecule has 27 heavy (non-hydrogen) atoms. The Balaban J connectivity index is 1.71. The normalized spacial score (nSPS) is 19.4. The molecule has 0 bridgehead atoms. The molecule has 0 unspecified atom stereocenters. The molecule has 0 radical (unpaired) electrons. The maximum atomic E-state index is 13.0. The zero-order valence-electron chi connectivity index (χ0n) is 14.8. The van der Waals surface area contributed by atoms with E-state index >= 15 is 0 Å². The van der Waals surface area contributed by atoms with Gasteiger partial charge in [-0.25, -0.2) is 0 Å². The van der Waals surface area contributed by atoms with Gasteiger partial charge >= 0.3 is 0 Å². The number of halogens is 2. The Labute approximate surface area is 180 Å². The maximum Gasteiger partial charge on any atom is 0.231 e. The molecule has 2 atom stereocenters. The van der Waals surface area contributed by atoms with Crippen LogP contribution < -0.4 is 10.2 Å². The highest BCUT2D eigenvalue weighted by molar-refractivity contribution is 9.10. The van der Waals surface area contributed by atoms with Crippen LogP contribution in [0.4, 0.5) is 11.4 Å². The number of rotatable bonds is 6. The van der Waals surface area contributed by atoms with Crippen LogP contribution in [0.15, 0.2) is 57.5 Å². The molecule has 2 aromatic rings. The van der Waals surface area contributed by atoms with Crippen molar-refractivity contribution in [2.75, 3.05) is 28.8 Å². The van der Waals surface area contributed by atoms with Crippen molar-refractivity contribution >= 4 is 66.8 Å². The number of nitrogens with one attached hydrogen (secondary N) is 1. The third kappa shape index (κ3) is 5.15. The largest absolute Gasteiger partial charge is 0.326 e. The third-order valence-corrected chi connectivity index (χ3v) is 6.44. The summed E-state index contributed by atoms with van der Waals surface area (Å²) in [6.07, 6.45) is 2.23. The molecule has 1 saturated heterocycles. The molecule has 3 rings (SSSR count). The molecule has 142 valence electrons. The first-order valence-electron chi connectivity index (χ1n) is 8.59. The SMILES string of the molecule is CSC[C@H]1CN(c2ccc(Br)cc2)C(=O)[C@H]1CC(=O)Nc1ccc(Br)cc1. The summed E-state index contributed by atoms with van der Waals surface area (Å²) in [5, 5.41) is 2.90. The van der Waals surface area contributed by atoms with E-state index in [4.69, 9.17) is 0 Å². The zero-order valence-corrected chi connectivity index (χ0v) is 18.8. The first kappa shape index (κ1) is 20.4. The van der Waals surface area contributed by atoms with E-state index < -0.39 is 0 Å². The van der Waals surface area contributed by atoms with E-state index in [1.807, 2.05) is 59.7 Å². The van der Waals surface area contributed by atoms with E-state index in [0.717, 1.165) is 26.1 Å². The third-order valence-electron chi connectivity index (χ3n) is 4.62. The van der Waals surface area contributed by atoms with Crippen LogP contribution in [0.3, 0.4) is 0 Å². The minimum atomic E-state index is -0.295. The monoisotopic (exact) mass is 510 g/mol.